The molecule has 4 aliphatic rings. The third kappa shape index (κ3) is 2.98. The maximum Gasteiger partial charge on any atom is 0.193 e. The molecule has 0 amide bonds. The summed E-state index contributed by atoms with van der Waals surface area (Å²) < 4.78 is 6.05. The summed E-state index contributed by atoms with van der Waals surface area (Å²) in [4.78, 5) is 7.14. The minimum absolute atomic E-state index is 0. The van der Waals surface area contributed by atoms with Crippen LogP contribution in [-0.2, 0) is 4.74 Å². The molecule has 4 unspecified atom stereocenters. The largest absolute Gasteiger partial charge is 0.377 e. The second-order valence-corrected chi connectivity index (χ2v) is 9.45. The van der Waals surface area contributed by atoms with Crippen LogP contribution in [0.1, 0.15) is 39.5 Å². The van der Waals surface area contributed by atoms with E-state index in [0.29, 0.717) is 23.5 Å². The fourth-order valence-corrected chi connectivity index (χ4v) is 6.46. The van der Waals surface area contributed by atoms with Crippen LogP contribution in [0.5, 0.6) is 0 Å². The molecule has 2 saturated carbocycles. The highest BCUT2D eigenvalue weighted by atomic mass is 127. The Balaban J connectivity index is 0.00000169. The highest BCUT2D eigenvalue weighted by molar-refractivity contribution is 14.0. The Labute approximate surface area is 168 Å². The van der Waals surface area contributed by atoms with E-state index in [0.717, 1.165) is 36.8 Å². The first-order chi connectivity index (χ1) is 11.2. The van der Waals surface area contributed by atoms with E-state index in [9.17, 15) is 0 Å². The fraction of sp³-hybridized carbons (Fsp3) is 0.944. The average Bonchev–Trinajstić information content (AvgIpc) is 2.92. The van der Waals surface area contributed by atoms with Gasteiger partial charge < -0.3 is 15.0 Å². The van der Waals surface area contributed by atoms with E-state index in [1.54, 1.807) is 0 Å². The molecule has 0 bridgehead atoms. The Hall–Kier alpha value is 0.310. The van der Waals surface area contributed by atoms with Gasteiger partial charge in [0.15, 0.2) is 5.96 Å². The van der Waals surface area contributed by atoms with Crippen molar-refractivity contribution in [3.8, 4) is 0 Å². The van der Waals surface area contributed by atoms with Gasteiger partial charge in [0, 0.05) is 55.1 Å². The molecule has 2 saturated heterocycles. The number of ether oxygens (including phenoxy) is 1. The van der Waals surface area contributed by atoms with Gasteiger partial charge in [-0.1, -0.05) is 20.3 Å². The van der Waals surface area contributed by atoms with Gasteiger partial charge in [0.25, 0.3) is 0 Å². The molecule has 0 aromatic heterocycles. The van der Waals surface area contributed by atoms with E-state index in [2.05, 4.69) is 40.8 Å². The Morgan fingerprint density at radius 2 is 2.17 bits per heavy atom. The Morgan fingerprint density at radius 3 is 2.79 bits per heavy atom. The second-order valence-electron chi connectivity index (χ2n) is 8.10. The van der Waals surface area contributed by atoms with E-state index < -0.39 is 0 Å². The molecule has 4 nitrogen and oxygen atoms in total. The quantitative estimate of drug-likeness (QED) is 0.386. The maximum atomic E-state index is 6.05. The van der Waals surface area contributed by atoms with Crippen LogP contribution < -0.4 is 5.32 Å². The smallest absolute Gasteiger partial charge is 0.193 e. The summed E-state index contributed by atoms with van der Waals surface area (Å²) in [6, 6.07) is 0.592. The number of nitrogens with one attached hydrogen (secondary N) is 1. The molecule has 1 spiro atoms. The van der Waals surface area contributed by atoms with Crippen LogP contribution in [0.15, 0.2) is 4.99 Å². The monoisotopic (exact) mass is 465 g/mol. The molecule has 2 heterocycles. The van der Waals surface area contributed by atoms with Crippen molar-refractivity contribution < 1.29 is 4.74 Å². The minimum Gasteiger partial charge on any atom is -0.377 e. The number of thioether (sulfide) groups is 1. The topological polar surface area (TPSA) is 36.9 Å². The lowest BCUT2D eigenvalue weighted by atomic mass is 9.46. The van der Waals surface area contributed by atoms with Crippen LogP contribution in [0.2, 0.25) is 0 Å². The molecule has 6 heteroatoms. The predicted octanol–water partition coefficient (Wildman–Crippen LogP) is 3.21. The van der Waals surface area contributed by atoms with Crippen molar-refractivity contribution in [2.24, 2.45) is 22.2 Å². The number of guanidine groups is 1. The molecule has 2 aliphatic carbocycles. The number of hydrogen-bond acceptors (Lipinski definition) is 3. The van der Waals surface area contributed by atoms with Crippen molar-refractivity contribution in [1.82, 2.24) is 10.2 Å². The second kappa shape index (κ2) is 7.51. The van der Waals surface area contributed by atoms with E-state index in [1.807, 2.05) is 7.05 Å². The van der Waals surface area contributed by atoms with Crippen molar-refractivity contribution in [3.63, 3.8) is 0 Å². The third-order valence-corrected chi connectivity index (χ3v) is 8.21. The van der Waals surface area contributed by atoms with Crippen LogP contribution in [0.4, 0.5) is 0 Å². The number of fused-ring (bicyclic) bond motifs is 2. The summed E-state index contributed by atoms with van der Waals surface area (Å²) in [6.07, 6.45) is 5.82. The first-order valence-electron chi connectivity index (χ1n) is 9.37. The van der Waals surface area contributed by atoms with E-state index in [4.69, 9.17) is 4.74 Å². The van der Waals surface area contributed by atoms with Gasteiger partial charge in [-0.3, -0.25) is 4.99 Å². The van der Waals surface area contributed by atoms with E-state index in [1.165, 1.54) is 31.4 Å². The molecular formula is C18H32IN3OS. The van der Waals surface area contributed by atoms with Gasteiger partial charge in [-0.05, 0) is 25.2 Å². The Morgan fingerprint density at radius 1 is 1.38 bits per heavy atom. The predicted molar refractivity (Wildman–Crippen MR) is 112 cm³/mol. The summed E-state index contributed by atoms with van der Waals surface area (Å²) in [5.74, 6) is 3.80. The zero-order valence-corrected chi connectivity index (χ0v) is 18.3. The van der Waals surface area contributed by atoms with E-state index in [-0.39, 0.29) is 24.0 Å². The third-order valence-electron chi connectivity index (χ3n) is 6.67. The molecule has 1 N–H and O–H groups in total. The van der Waals surface area contributed by atoms with Crippen LogP contribution in [0, 0.1) is 17.3 Å². The van der Waals surface area contributed by atoms with Crippen LogP contribution in [0.25, 0.3) is 0 Å². The highest BCUT2D eigenvalue weighted by Crippen LogP contribution is 2.62. The molecule has 2 aliphatic heterocycles. The van der Waals surface area contributed by atoms with Crippen molar-refractivity contribution in [2.45, 2.75) is 56.9 Å². The summed E-state index contributed by atoms with van der Waals surface area (Å²) in [6.45, 7) is 7.90. The minimum atomic E-state index is 0. The molecule has 0 radical (unpaired) electrons. The lowest BCUT2D eigenvalue weighted by Gasteiger charge is -2.63. The molecule has 24 heavy (non-hydrogen) atoms. The fourth-order valence-electron chi connectivity index (χ4n) is 5.16. The standard InChI is InChI=1S/C18H31N3OS.HI/c1-12(2)14-11-21(8-10-23-14)17(19-3)20-15-13-5-9-22-16(13)18(15)6-4-7-18;/h12-16H,4-11H2,1-3H3,(H,19,20);1H. The molecule has 0 aromatic carbocycles. The van der Waals surface area contributed by atoms with Crippen molar-refractivity contribution in [3.05, 3.63) is 0 Å². The number of nitrogens with zero attached hydrogens (tertiary/aromatic N) is 2. The summed E-state index contributed by atoms with van der Waals surface area (Å²) >= 11 is 2.13. The van der Waals surface area contributed by atoms with Gasteiger partial charge in [0.1, 0.15) is 0 Å². The number of aliphatic imine (C=N–C) groups is 1. The Bertz CT molecular complexity index is 483. The van der Waals surface area contributed by atoms with Crippen LogP contribution in [-0.4, -0.2) is 60.8 Å². The summed E-state index contributed by atoms with van der Waals surface area (Å²) in [7, 11) is 1.95. The zero-order chi connectivity index (χ0) is 16.0. The van der Waals surface area contributed by atoms with Crippen LogP contribution in [0.3, 0.4) is 0 Å². The zero-order valence-electron chi connectivity index (χ0n) is 15.2. The number of rotatable bonds is 2. The summed E-state index contributed by atoms with van der Waals surface area (Å²) in [5, 5.41) is 4.61. The molecule has 4 rings (SSSR count). The van der Waals surface area contributed by atoms with Crippen molar-refractivity contribution in [2.75, 3.05) is 32.5 Å². The Kier molecular flexibility index (Phi) is 5.97. The van der Waals surface area contributed by atoms with Crippen molar-refractivity contribution >= 4 is 41.7 Å². The van der Waals surface area contributed by atoms with Crippen LogP contribution >= 0.6 is 35.7 Å². The molecule has 138 valence electrons. The van der Waals surface area contributed by atoms with Gasteiger partial charge in [-0.15, -0.1) is 24.0 Å². The number of halogens is 1. The molecule has 0 aromatic rings. The van der Waals surface area contributed by atoms with Gasteiger partial charge in [0.2, 0.25) is 0 Å². The first-order valence-corrected chi connectivity index (χ1v) is 10.4. The maximum absolute atomic E-state index is 6.05. The van der Waals surface area contributed by atoms with Gasteiger partial charge in [-0.25, -0.2) is 0 Å². The van der Waals surface area contributed by atoms with Gasteiger partial charge >= 0.3 is 0 Å². The lowest BCUT2D eigenvalue weighted by Crippen LogP contribution is -2.73. The number of hydrogen-bond donors (Lipinski definition) is 1. The molecule has 4 atom stereocenters. The molecular weight excluding hydrogens is 433 g/mol. The normalized spacial score (nSPS) is 37.5. The average molecular weight is 465 g/mol. The molecule has 4 fully saturated rings. The highest BCUT2D eigenvalue weighted by Gasteiger charge is 2.66. The van der Waals surface area contributed by atoms with Gasteiger partial charge in [0.05, 0.1) is 6.10 Å². The van der Waals surface area contributed by atoms with Gasteiger partial charge in [-0.2, -0.15) is 11.8 Å². The van der Waals surface area contributed by atoms with Crippen molar-refractivity contribution in [1.29, 1.82) is 0 Å². The lowest BCUT2D eigenvalue weighted by molar-refractivity contribution is -0.171. The first kappa shape index (κ1) is 19.1. The summed E-state index contributed by atoms with van der Waals surface area (Å²) in [5.41, 5.74) is 0.430. The van der Waals surface area contributed by atoms with E-state index >= 15 is 0 Å². The SMILES string of the molecule is CN=C(NC1C2CCOC2C12CCC2)N1CCSC(C(C)C)C1.I.